The van der Waals surface area contributed by atoms with Crippen LogP contribution in [0.15, 0.2) is 23.0 Å². The Bertz CT molecular complexity index is 332. The summed E-state index contributed by atoms with van der Waals surface area (Å²) in [6.45, 7) is 5.79. The largest absolute Gasteiger partial charge is 0.472 e. The van der Waals surface area contributed by atoms with Crippen LogP contribution in [0.1, 0.15) is 25.3 Å². The van der Waals surface area contributed by atoms with Gasteiger partial charge in [-0.05, 0) is 24.8 Å². The number of hydrogen-bond acceptors (Lipinski definition) is 3. The molecular formula is C13H20N2O. The van der Waals surface area contributed by atoms with E-state index in [9.17, 15) is 0 Å². The molecule has 1 aromatic rings. The minimum absolute atomic E-state index is 0.649. The highest BCUT2D eigenvalue weighted by atomic mass is 16.3. The Morgan fingerprint density at radius 3 is 3.00 bits per heavy atom. The van der Waals surface area contributed by atoms with Crippen molar-refractivity contribution in [2.24, 2.45) is 5.92 Å². The highest BCUT2D eigenvalue weighted by Crippen LogP contribution is 2.31. The van der Waals surface area contributed by atoms with Crippen molar-refractivity contribution >= 4 is 0 Å². The lowest BCUT2D eigenvalue weighted by molar-refractivity contribution is 0.313. The lowest BCUT2D eigenvalue weighted by Crippen LogP contribution is -2.35. The summed E-state index contributed by atoms with van der Waals surface area (Å²) in [4.78, 5) is 2.65. The van der Waals surface area contributed by atoms with E-state index in [2.05, 4.69) is 17.1 Å². The maximum atomic E-state index is 5.08. The minimum atomic E-state index is 0.649. The van der Waals surface area contributed by atoms with Crippen molar-refractivity contribution in [1.82, 2.24) is 10.2 Å². The first-order valence-electron chi connectivity index (χ1n) is 6.31. The van der Waals surface area contributed by atoms with Crippen LogP contribution in [-0.4, -0.2) is 30.1 Å². The van der Waals surface area contributed by atoms with Gasteiger partial charge in [0.2, 0.25) is 0 Å². The van der Waals surface area contributed by atoms with Crippen LogP contribution in [0.5, 0.6) is 0 Å². The van der Waals surface area contributed by atoms with Gasteiger partial charge in [0, 0.05) is 37.3 Å². The number of rotatable bonds is 4. The standard InChI is InChI=1S/C13H20N2O/c1-10-7-15(12-2-3-12)8-13(10)14-6-11-4-5-16-9-11/h4-5,9-10,12-14H,2-3,6-8H2,1H3. The minimum Gasteiger partial charge on any atom is -0.472 e. The fourth-order valence-electron chi connectivity index (χ4n) is 2.65. The van der Waals surface area contributed by atoms with Crippen LogP contribution in [-0.2, 0) is 6.54 Å². The van der Waals surface area contributed by atoms with E-state index < -0.39 is 0 Å². The van der Waals surface area contributed by atoms with Crippen LogP contribution >= 0.6 is 0 Å². The maximum Gasteiger partial charge on any atom is 0.0947 e. The molecular weight excluding hydrogens is 200 g/mol. The van der Waals surface area contributed by atoms with Gasteiger partial charge in [0.15, 0.2) is 0 Å². The van der Waals surface area contributed by atoms with Crippen molar-refractivity contribution in [2.45, 2.75) is 38.4 Å². The van der Waals surface area contributed by atoms with Crippen molar-refractivity contribution in [3.63, 3.8) is 0 Å². The molecule has 1 saturated heterocycles. The summed E-state index contributed by atoms with van der Waals surface area (Å²) in [5.41, 5.74) is 1.25. The van der Waals surface area contributed by atoms with Gasteiger partial charge in [-0.2, -0.15) is 0 Å². The first-order valence-corrected chi connectivity index (χ1v) is 6.31. The molecule has 0 radical (unpaired) electrons. The van der Waals surface area contributed by atoms with Gasteiger partial charge >= 0.3 is 0 Å². The zero-order chi connectivity index (χ0) is 11.0. The smallest absolute Gasteiger partial charge is 0.0947 e. The number of furan rings is 1. The average molecular weight is 220 g/mol. The molecule has 16 heavy (non-hydrogen) atoms. The molecule has 88 valence electrons. The zero-order valence-corrected chi connectivity index (χ0v) is 9.86. The van der Waals surface area contributed by atoms with Gasteiger partial charge in [0.25, 0.3) is 0 Å². The summed E-state index contributed by atoms with van der Waals surface area (Å²) in [7, 11) is 0. The molecule has 3 rings (SSSR count). The Labute approximate surface area is 96.8 Å². The summed E-state index contributed by atoms with van der Waals surface area (Å²) < 4.78 is 5.08. The van der Waals surface area contributed by atoms with E-state index in [0.717, 1.165) is 18.5 Å². The van der Waals surface area contributed by atoms with Gasteiger partial charge in [-0.15, -0.1) is 0 Å². The third-order valence-corrected chi connectivity index (χ3v) is 3.85. The topological polar surface area (TPSA) is 28.4 Å². The zero-order valence-electron chi connectivity index (χ0n) is 9.86. The van der Waals surface area contributed by atoms with Crippen molar-refractivity contribution < 1.29 is 4.42 Å². The molecule has 0 aromatic carbocycles. The quantitative estimate of drug-likeness (QED) is 0.839. The fraction of sp³-hybridized carbons (Fsp3) is 0.692. The molecule has 1 N–H and O–H groups in total. The van der Waals surface area contributed by atoms with Crippen molar-refractivity contribution in [1.29, 1.82) is 0 Å². The Hall–Kier alpha value is -0.800. The second-order valence-electron chi connectivity index (χ2n) is 5.28. The van der Waals surface area contributed by atoms with Crippen molar-refractivity contribution in [2.75, 3.05) is 13.1 Å². The first-order chi connectivity index (χ1) is 7.83. The summed E-state index contributed by atoms with van der Waals surface area (Å²) in [6, 6.07) is 3.59. The normalized spacial score (nSPS) is 31.1. The van der Waals surface area contributed by atoms with Crippen LogP contribution in [0, 0.1) is 5.92 Å². The van der Waals surface area contributed by atoms with Crippen molar-refractivity contribution in [3.8, 4) is 0 Å². The summed E-state index contributed by atoms with van der Waals surface area (Å²) in [5, 5.41) is 3.64. The molecule has 2 unspecified atom stereocenters. The molecule has 2 fully saturated rings. The Kier molecular flexibility index (Phi) is 2.74. The Balaban J connectivity index is 1.51. The van der Waals surface area contributed by atoms with Crippen molar-refractivity contribution in [3.05, 3.63) is 24.2 Å². The number of nitrogens with one attached hydrogen (secondary N) is 1. The molecule has 1 aliphatic carbocycles. The highest BCUT2D eigenvalue weighted by molar-refractivity contribution is 5.05. The Morgan fingerprint density at radius 1 is 1.44 bits per heavy atom. The summed E-state index contributed by atoms with van der Waals surface area (Å²) >= 11 is 0. The lowest BCUT2D eigenvalue weighted by Gasteiger charge is -2.16. The van der Waals surface area contributed by atoms with E-state index in [4.69, 9.17) is 4.42 Å². The van der Waals surface area contributed by atoms with E-state index in [1.54, 1.807) is 6.26 Å². The second kappa shape index (κ2) is 4.22. The second-order valence-corrected chi connectivity index (χ2v) is 5.28. The summed E-state index contributed by atoms with van der Waals surface area (Å²) in [5.74, 6) is 0.771. The molecule has 0 spiro atoms. The van der Waals surface area contributed by atoms with Gasteiger partial charge in [-0.1, -0.05) is 6.92 Å². The first kappa shape index (κ1) is 10.4. The van der Waals surface area contributed by atoms with Gasteiger partial charge in [0.1, 0.15) is 0 Å². The van der Waals surface area contributed by atoms with E-state index in [1.165, 1.54) is 31.5 Å². The molecule has 2 heterocycles. The van der Waals surface area contributed by atoms with E-state index in [1.807, 2.05) is 12.3 Å². The molecule has 1 saturated carbocycles. The summed E-state index contributed by atoms with van der Waals surface area (Å²) in [6.07, 6.45) is 6.40. The van der Waals surface area contributed by atoms with Crippen LogP contribution in [0.25, 0.3) is 0 Å². The van der Waals surface area contributed by atoms with Gasteiger partial charge < -0.3 is 9.73 Å². The molecule has 0 amide bonds. The lowest BCUT2D eigenvalue weighted by atomic mass is 10.1. The SMILES string of the molecule is CC1CN(C2CC2)CC1NCc1ccoc1. The monoisotopic (exact) mass is 220 g/mol. The number of nitrogens with zero attached hydrogens (tertiary/aromatic N) is 1. The van der Waals surface area contributed by atoms with E-state index >= 15 is 0 Å². The predicted octanol–water partition coefficient (Wildman–Crippen LogP) is 1.85. The van der Waals surface area contributed by atoms with E-state index in [-0.39, 0.29) is 0 Å². The van der Waals surface area contributed by atoms with Gasteiger partial charge in [0.05, 0.1) is 12.5 Å². The number of hydrogen-bond donors (Lipinski definition) is 1. The van der Waals surface area contributed by atoms with E-state index in [0.29, 0.717) is 6.04 Å². The molecule has 2 aliphatic rings. The molecule has 1 aliphatic heterocycles. The maximum absolute atomic E-state index is 5.08. The number of likely N-dealkylation sites (tertiary alicyclic amines) is 1. The van der Waals surface area contributed by atoms with Crippen LogP contribution in [0.3, 0.4) is 0 Å². The molecule has 0 bridgehead atoms. The van der Waals surface area contributed by atoms with Crippen LogP contribution in [0.2, 0.25) is 0 Å². The van der Waals surface area contributed by atoms with Crippen LogP contribution < -0.4 is 5.32 Å². The molecule has 3 nitrogen and oxygen atoms in total. The molecule has 3 heteroatoms. The molecule has 2 atom stereocenters. The van der Waals surface area contributed by atoms with Gasteiger partial charge in [-0.3, -0.25) is 4.90 Å². The average Bonchev–Trinajstić information content (AvgIpc) is 2.86. The predicted molar refractivity (Wildman–Crippen MR) is 63.1 cm³/mol. The Morgan fingerprint density at radius 2 is 2.31 bits per heavy atom. The third-order valence-electron chi connectivity index (χ3n) is 3.85. The molecule has 1 aromatic heterocycles. The van der Waals surface area contributed by atoms with Gasteiger partial charge in [-0.25, -0.2) is 0 Å². The third kappa shape index (κ3) is 2.15. The highest BCUT2D eigenvalue weighted by Gasteiger charge is 2.37. The van der Waals surface area contributed by atoms with Crippen LogP contribution in [0.4, 0.5) is 0 Å². The fourth-order valence-corrected chi connectivity index (χ4v) is 2.65.